The molecule has 3 atom stereocenters. The van der Waals surface area contributed by atoms with Crippen LogP contribution in [0, 0.1) is 0 Å². The summed E-state index contributed by atoms with van der Waals surface area (Å²) in [5, 5.41) is 13.1. The molecule has 3 nitrogen and oxygen atoms in total. The summed E-state index contributed by atoms with van der Waals surface area (Å²) in [7, 11) is -2.58. The number of hydrogen-bond donors (Lipinski definition) is 1. The van der Waals surface area contributed by atoms with Crippen molar-refractivity contribution in [3.63, 3.8) is 0 Å². The van der Waals surface area contributed by atoms with E-state index in [2.05, 4.69) is 81.4 Å². The van der Waals surface area contributed by atoms with Gasteiger partial charge in [-0.2, -0.15) is 0 Å². The summed E-state index contributed by atoms with van der Waals surface area (Å²) in [4.78, 5) is 0. The van der Waals surface area contributed by atoms with Crippen LogP contribution in [0.3, 0.4) is 0 Å². The molecule has 1 N–H and O–H groups in total. The van der Waals surface area contributed by atoms with Crippen molar-refractivity contribution in [2.75, 3.05) is 0 Å². The molecule has 152 valence electrons. The minimum Gasteiger partial charge on any atom is -0.404 e. The number of benzene rings is 2. The number of aliphatic hydroxyl groups excluding tert-OH is 1. The van der Waals surface area contributed by atoms with Crippen molar-refractivity contribution in [3.05, 3.63) is 60.7 Å². The molecule has 2 aromatic rings. The minimum absolute atomic E-state index is 0.00921. The van der Waals surface area contributed by atoms with Crippen LogP contribution in [0.25, 0.3) is 0 Å². The van der Waals surface area contributed by atoms with Gasteiger partial charge >= 0.3 is 0 Å². The second-order valence-electron chi connectivity index (χ2n) is 9.17. The monoisotopic (exact) mass is 398 g/mol. The van der Waals surface area contributed by atoms with Crippen molar-refractivity contribution in [2.24, 2.45) is 0 Å². The first-order valence-corrected chi connectivity index (χ1v) is 12.3. The van der Waals surface area contributed by atoms with Gasteiger partial charge in [0.2, 0.25) is 0 Å². The molecule has 1 saturated carbocycles. The molecule has 1 fully saturated rings. The number of hydrogen-bond acceptors (Lipinski definition) is 3. The van der Waals surface area contributed by atoms with Crippen molar-refractivity contribution in [3.8, 4) is 0 Å². The van der Waals surface area contributed by atoms with Crippen LogP contribution in [0.2, 0.25) is 5.04 Å². The summed E-state index contributed by atoms with van der Waals surface area (Å²) in [5.41, 5.74) is 0. The van der Waals surface area contributed by atoms with Gasteiger partial charge in [0.05, 0.1) is 24.4 Å². The van der Waals surface area contributed by atoms with E-state index in [0.717, 1.165) is 6.42 Å². The molecule has 3 rings (SSSR count). The average molecular weight is 399 g/mol. The maximum Gasteiger partial charge on any atom is 0.261 e. The molecule has 0 bridgehead atoms. The lowest BCUT2D eigenvalue weighted by molar-refractivity contribution is -0.0488. The molecular formula is C24H34O3Si. The van der Waals surface area contributed by atoms with E-state index in [0.29, 0.717) is 6.42 Å². The van der Waals surface area contributed by atoms with Crippen LogP contribution in [-0.2, 0) is 9.16 Å². The van der Waals surface area contributed by atoms with Gasteiger partial charge in [-0.25, -0.2) is 0 Å². The molecule has 1 aliphatic carbocycles. The Balaban J connectivity index is 2.02. The van der Waals surface area contributed by atoms with E-state index in [-0.39, 0.29) is 23.4 Å². The normalized spacial score (nSPS) is 23.3. The van der Waals surface area contributed by atoms with Gasteiger partial charge in [0.25, 0.3) is 8.32 Å². The molecule has 2 aromatic carbocycles. The Hall–Kier alpha value is -1.46. The third-order valence-corrected chi connectivity index (χ3v) is 10.7. The van der Waals surface area contributed by atoms with Gasteiger partial charge in [-0.15, -0.1) is 0 Å². The molecule has 0 unspecified atom stereocenters. The van der Waals surface area contributed by atoms with Crippen molar-refractivity contribution < 1.29 is 14.3 Å². The summed E-state index contributed by atoms with van der Waals surface area (Å²) >= 11 is 0. The Bertz CT molecular complexity index is 700. The predicted octanol–water partition coefficient (Wildman–Crippen LogP) is 3.88. The lowest BCUT2D eigenvalue weighted by Gasteiger charge is -2.44. The molecule has 4 heteroatoms. The highest BCUT2D eigenvalue weighted by Crippen LogP contribution is 2.40. The first-order chi connectivity index (χ1) is 13.2. The van der Waals surface area contributed by atoms with Crippen LogP contribution in [0.5, 0.6) is 0 Å². The summed E-state index contributed by atoms with van der Waals surface area (Å²) in [6, 6.07) is 21.3. The second kappa shape index (κ2) is 8.50. The molecule has 28 heavy (non-hydrogen) atoms. The van der Waals surface area contributed by atoms with E-state index >= 15 is 0 Å². The van der Waals surface area contributed by atoms with E-state index in [1.165, 1.54) is 10.4 Å². The lowest BCUT2D eigenvalue weighted by Crippen LogP contribution is -2.67. The summed E-state index contributed by atoms with van der Waals surface area (Å²) in [6.07, 6.45) is 0.844. The second-order valence-corrected chi connectivity index (χ2v) is 13.4. The first-order valence-electron chi connectivity index (χ1n) is 10.4. The van der Waals surface area contributed by atoms with Crippen LogP contribution in [0.1, 0.15) is 47.5 Å². The third kappa shape index (κ3) is 4.25. The Kier molecular flexibility index (Phi) is 6.45. The maximum absolute atomic E-state index is 10.6. The van der Waals surface area contributed by atoms with E-state index < -0.39 is 14.4 Å². The van der Waals surface area contributed by atoms with E-state index in [1.54, 1.807) is 0 Å². The number of rotatable bonds is 6. The zero-order chi connectivity index (χ0) is 20.4. The van der Waals surface area contributed by atoms with Crippen molar-refractivity contribution >= 4 is 18.7 Å². The highest BCUT2D eigenvalue weighted by atomic mass is 28.4. The summed E-state index contributed by atoms with van der Waals surface area (Å²) in [6.45, 7) is 10.9. The maximum atomic E-state index is 10.6. The van der Waals surface area contributed by atoms with Crippen LogP contribution in [-0.4, -0.2) is 37.8 Å². The standard InChI is InChI=1S/C24H34O3Si/c1-18(2)26-23-17-19(16-22(23)25)27-28(24(3,4)5,20-12-8-6-9-13-20)21-14-10-7-11-15-21/h6-15,18-19,22-23,25H,16-17H2,1-5H3/t19-,22-,23+/m1/s1. The largest absolute Gasteiger partial charge is 0.404 e. The fourth-order valence-corrected chi connectivity index (χ4v) is 9.17. The van der Waals surface area contributed by atoms with Crippen molar-refractivity contribution in [1.29, 1.82) is 0 Å². The summed E-state index contributed by atoms with van der Waals surface area (Å²) < 4.78 is 13.1. The molecule has 0 aliphatic heterocycles. The van der Waals surface area contributed by atoms with Gasteiger partial charge in [-0.3, -0.25) is 0 Å². The zero-order valence-electron chi connectivity index (χ0n) is 17.8. The molecule has 0 amide bonds. The highest BCUT2D eigenvalue weighted by molar-refractivity contribution is 6.99. The van der Waals surface area contributed by atoms with E-state index in [1.807, 2.05) is 13.8 Å². The van der Waals surface area contributed by atoms with Crippen LogP contribution in [0.15, 0.2) is 60.7 Å². The number of ether oxygens (including phenoxy) is 1. The molecular weight excluding hydrogens is 364 g/mol. The lowest BCUT2D eigenvalue weighted by atomic mass is 10.2. The zero-order valence-corrected chi connectivity index (χ0v) is 18.8. The Morgan fingerprint density at radius 2 is 1.39 bits per heavy atom. The van der Waals surface area contributed by atoms with Crippen molar-refractivity contribution in [2.45, 2.75) is 76.9 Å². The quantitative estimate of drug-likeness (QED) is 0.751. The minimum atomic E-state index is -2.58. The summed E-state index contributed by atoms with van der Waals surface area (Å²) in [5.74, 6) is 0. The van der Waals surface area contributed by atoms with E-state index in [4.69, 9.17) is 9.16 Å². The van der Waals surface area contributed by atoms with Gasteiger partial charge in [0, 0.05) is 12.8 Å². The van der Waals surface area contributed by atoms with Crippen molar-refractivity contribution in [1.82, 2.24) is 0 Å². The van der Waals surface area contributed by atoms with E-state index in [9.17, 15) is 5.11 Å². The smallest absolute Gasteiger partial charge is 0.261 e. The Labute approximate surface area is 170 Å². The molecule has 0 spiro atoms. The van der Waals surface area contributed by atoms with Gasteiger partial charge in [0.1, 0.15) is 0 Å². The van der Waals surface area contributed by atoms with Gasteiger partial charge in [-0.1, -0.05) is 81.4 Å². The molecule has 0 heterocycles. The Morgan fingerprint density at radius 1 is 0.893 bits per heavy atom. The topological polar surface area (TPSA) is 38.7 Å². The molecule has 0 radical (unpaired) electrons. The van der Waals surface area contributed by atoms with Gasteiger partial charge in [-0.05, 0) is 29.3 Å². The Morgan fingerprint density at radius 3 is 1.82 bits per heavy atom. The highest BCUT2D eigenvalue weighted by Gasteiger charge is 2.52. The fraction of sp³-hybridized carbons (Fsp3) is 0.500. The molecule has 0 saturated heterocycles. The predicted molar refractivity (Wildman–Crippen MR) is 118 cm³/mol. The van der Waals surface area contributed by atoms with Gasteiger partial charge < -0.3 is 14.3 Å². The molecule has 0 aromatic heterocycles. The molecule has 1 aliphatic rings. The number of aliphatic hydroxyl groups is 1. The third-order valence-electron chi connectivity index (χ3n) is 5.64. The van der Waals surface area contributed by atoms with Crippen LogP contribution >= 0.6 is 0 Å². The van der Waals surface area contributed by atoms with Crippen LogP contribution < -0.4 is 10.4 Å². The average Bonchev–Trinajstić information content (AvgIpc) is 2.98. The fourth-order valence-electron chi connectivity index (χ4n) is 4.47. The van der Waals surface area contributed by atoms with Gasteiger partial charge in [0.15, 0.2) is 0 Å². The van der Waals surface area contributed by atoms with Crippen LogP contribution in [0.4, 0.5) is 0 Å². The SMILES string of the molecule is CC(C)O[C@H]1C[C@H](O[Si](c2ccccc2)(c2ccccc2)C(C)(C)C)C[C@H]1O. The first kappa shape index (κ1) is 21.3.